The Balaban J connectivity index is 2.21. The standard InChI is InChI=1S/C23H26FNO5/c1-11(2)30-23(28)18-13(4)25-16-10-12(3)17(22(27)29-5)21(26)20(16)19(18)14-8-6-7-9-15(14)24/h6-9,11-12,17,19,25H,10H2,1-5H3/t12-,17+,19+/m0/s1. The summed E-state index contributed by atoms with van der Waals surface area (Å²) in [7, 11) is 1.23. The van der Waals surface area contributed by atoms with Crippen LogP contribution in [0.15, 0.2) is 46.8 Å². The summed E-state index contributed by atoms with van der Waals surface area (Å²) in [6.07, 6.45) is 0.00896. The summed E-state index contributed by atoms with van der Waals surface area (Å²) in [5.41, 5.74) is 1.67. The number of hydrogen-bond donors (Lipinski definition) is 1. The van der Waals surface area contributed by atoms with Crippen LogP contribution in [0.1, 0.15) is 45.6 Å². The molecule has 1 aliphatic carbocycles. The number of rotatable bonds is 4. The van der Waals surface area contributed by atoms with E-state index in [-0.39, 0.29) is 28.7 Å². The third kappa shape index (κ3) is 3.76. The number of Topliss-reactive ketones (excluding diaryl/α,β-unsaturated/α-hetero) is 1. The molecule has 0 unspecified atom stereocenters. The topological polar surface area (TPSA) is 81.7 Å². The molecule has 0 spiro atoms. The summed E-state index contributed by atoms with van der Waals surface area (Å²) < 4.78 is 25.1. The molecular weight excluding hydrogens is 389 g/mol. The highest BCUT2D eigenvalue weighted by atomic mass is 19.1. The van der Waals surface area contributed by atoms with E-state index in [4.69, 9.17) is 9.47 Å². The van der Waals surface area contributed by atoms with E-state index in [1.165, 1.54) is 13.2 Å². The predicted octanol–water partition coefficient (Wildman–Crippen LogP) is 3.39. The molecule has 3 atom stereocenters. The van der Waals surface area contributed by atoms with Crippen LogP contribution in [-0.4, -0.2) is 30.9 Å². The van der Waals surface area contributed by atoms with Crippen molar-refractivity contribution in [3.05, 3.63) is 58.2 Å². The van der Waals surface area contributed by atoms with Gasteiger partial charge in [0.1, 0.15) is 11.7 Å². The van der Waals surface area contributed by atoms with Crippen LogP contribution in [0.5, 0.6) is 0 Å². The monoisotopic (exact) mass is 415 g/mol. The first kappa shape index (κ1) is 21.7. The molecule has 7 heteroatoms. The molecule has 2 aliphatic rings. The van der Waals surface area contributed by atoms with Crippen LogP contribution >= 0.6 is 0 Å². The largest absolute Gasteiger partial charge is 0.468 e. The van der Waals surface area contributed by atoms with Crippen LogP contribution in [0.25, 0.3) is 0 Å². The Hall–Kier alpha value is -2.96. The van der Waals surface area contributed by atoms with Crippen LogP contribution < -0.4 is 5.32 Å². The zero-order valence-electron chi connectivity index (χ0n) is 17.7. The van der Waals surface area contributed by atoms with Gasteiger partial charge in [0, 0.05) is 22.5 Å². The van der Waals surface area contributed by atoms with Crippen LogP contribution in [0.3, 0.4) is 0 Å². The second kappa shape index (κ2) is 8.42. The van der Waals surface area contributed by atoms with Crippen molar-refractivity contribution in [3.63, 3.8) is 0 Å². The smallest absolute Gasteiger partial charge is 0.337 e. The number of esters is 2. The van der Waals surface area contributed by atoms with E-state index < -0.39 is 35.4 Å². The number of carbonyl (C=O) groups is 3. The lowest BCUT2D eigenvalue weighted by atomic mass is 9.69. The Bertz CT molecular complexity index is 962. The molecule has 1 aliphatic heterocycles. The first-order valence-corrected chi connectivity index (χ1v) is 9.95. The molecule has 3 rings (SSSR count). The molecule has 1 aromatic rings. The molecule has 0 aromatic heterocycles. The fourth-order valence-corrected chi connectivity index (χ4v) is 4.25. The van der Waals surface area contributed by atoms with Crippen molar-refractivity contribution in [1.29, 1.82) is 0 Å². The minimum absolute atomic E-state index is 0.166. The Morgan fingerprint density at radius 1 is 1.23 bits per heavy atom. The first-order valence-electron chi connectivity index (χ1n) is 9.95. The maximum absolute atomic E-state index is 14.9. The van der Waals surface area contributed by atoms with Gasteiger partial charge in [0.05, 0.1) is 24.7 Å². The van der Waals surface area contributed by atoms with E-state index in [1.807, 2.05) is 0 Å². The Labute approximate surface area is 175 Å². The molecule has 6 nitrogen and oxygen atoms in total. The van der Waals surface area contributed by atoms with Gasteiger partial charge in [0.2, 0.25) is 0 Å². The number of benzene rings is 1. The third-order valence-electron chi connectivity index (χ3n) is 5.52. The van der Waals surface area contributed by atoms with Crippen LogP contribution in [0, 0.1) is 17.7 Å². The normalized spacial score (nSPS) is 23.8. The summed E-state index contributed by atoms with van der Waals surface area (Å²) in [5, 5.41) is 3.14. The third-order valence-corrected chi connectivity index (χ3v) is 5.52. The van der Waals surface area contributed by atoms with Gasteiger partial charge in [-0.25, -0.2) is 9.18 Å². The number of methoxy groups -OCH3 is 1. The minimum Gasteiger partial charge on any atom is -0.468 e. The van der Waals surface area contributed by atoms with Crippen LogP contribution in [-0.2, 0) is 23.9 Å². The van der Waals surface area contributed by atoms with Gasteiger partial charge in [-0.1, -0.05) is 25.1 Å². The molecule has 1 aromatic carbocycles. The zero-order chi connectivity index (χ0) is 22.2. The van der Waals surface area contributed by atoms with E-state index >= 15 is 0 Å². The second-order valence-electron chi connectivity index (χ2n) is 8.01. The maximum Gasteiger partial charge on any atom is 0.337 e. The highest BCUT2D eigenvalue weighted by Gasteiger charge is 2.47. The van der Waals surface area contributed by atoms with Crippen LogP contribution in [0.2, 0.25) is 0 Å². The number of dihydropyridines is 1. The van der Waals surface area contributed by atoms with Crippen molar-refractivity contribution in [2.75, 3.05) is 7.11 Å². The van der Waals surface area contributed by atoms with Gasteiger partial charge < -0.3 is 14.8 Å². The maximum atomic E-state index is 14.9. The van der Waals surface area contributed by atoms with Crippen molar-refractivity contribution in [1.82, 2.24) is 5.32 Å². The molecule has 0 bridgehead atoms. The Kier molecular flexibility index (Phi) is 6.10. The fourth-order valence-electron chi connectivity index (χ4n) is 4.25. The molecule has 160 valence electrons. The van der Waals surface area contributed by atoms with Crippen molar-refractivity contribution < 1.29 is 28.2 Å². The highest BCUT2D eigenvalue weighted by Crippen LogP contribution is 2.46. The van der Waals surface area contributed by atoms with Crippen molar-refractivity contribution in [3.8, 4) is 0 Å². The van der Waals surface area contributed by atoms with Gasteiger partial charge in [-0.05, 0) is 39.2 Å². The molecular formula is C23H26FNO5. The SMILES string of the molecule is COC(=O)[C@H]1C(=O)C2=C(C[C@@H]1C)NC(C)=C(C(=O)OC(C)C)[C@H]2c1ccccc1F. The van der Waals surface area contributed by atoms with Gasteiger partial charge in [-0.2, -0.15) is 0 Å². The second-order valence-corrected chi connectivity index (χ2v) is 8.01. The number of hydrogen-bond acceptors (Lipinski definition) is 6. The highest BCUT2D eigenvalue weighted by molar-refractivity contribution is 6.12. The van der Waals surface area contributed by atoms with Gasteiger partial charge in [-0.15, -0.1) is 0 Å². The molecule has 0 saturated carbocycles. The number of nitrogens with one attached hydrogen (secondary N) is 1. The van der Waals surface area contributed by atoms with Crippen molar-refractivity contribution in [2.24, 2.45) is 11.8 Å². The minimum atomic E-state index is -1.01. The Morgan fingerprint density at radius 3 is 2.50 bits per heavy atom. The first-order chi connectivity index (χ1) is 14.2. The summed E-state index contributed by atoms with van der Waals surface area (Å²) >= 11 is 0. The fraction of sp³-hybridized carbons (Fsp3) is 0.435. The van der Waals surface area contributed by atoms with E-state index in [0.717, 1.165) is 0 Å². The lowest BCUT2D eigenvalue weighted by molar-refractivity contribution is -0.151. The van der Waals surface area contributed by atoms with Gasteiger partial charge in [-0.3, -0.25) is 9.59 Å². The molecule has 0 fully saturated rings. The quantitative estimate of drug-likeness (QED) is 0.600. The van der Waals surface area contributed by atoms with Gasteiger partial charge >= 0.3 is 11.9 Å². The molecule has 1 heterocycles. The van der Waals surface area contributed by atoms with Crippen LogP contribution in [0.4, 0.5) is 4.39 Å². The predicted molar refractivity (Wildman–Crippen MR) is 108 cm³/mol. The molecule has 0 saturated heterocycles. The average Bonchev–Trinajstić information content (AvgIpc) is 2.66. The van der Waals surface area contributed by atoms with E-state index in [9.17, 15) is 18.8 Å². The van der Waals surface area contributed by atoms with Gasteiger partial charge in [0.15, 0.2) is 5.78 Å². The van der Waals surface area contributed by atoms with Gasteiger partial charge in [0.25, 0.3) is 0 Å². The Morgan fingerprint density at radius 2 is 1.90 bits per heavy atom. The summed E-state index contributed by atoms with van der Waals surface area (Å²) in [6, 6.07) is 6.02. The summed E-state index contributed by atoms with van der Waals surface area (Å²) in [5.74, 6) is -4.54. The number of halogens is 1. The number of allylic oxidation sites excluding steroid dienone is 3. The molecule has 30 heavy (non-hydrogen) atoms. The van der Waals surface area contributed by atoms with E-state index in [1.54, 1.807) is 45.9 Å². The van der Waals surface area contributed by atoms with Crippen molar-refractivity contribution >= 4 is 17.7 Å². The molecule has 0 radical (unpaired) electrons. The summed E-state index contributed by atoms with van der Waals surface area (Å²) in [4.78, 5) is 38.8. The lowest BCUT2D eigenvalue weighted by Gasteiger charge is -2.38. The van der Waals surface area contributed by atoms with E-state index in [0.29, 0.717) is 17.8 Å². The molecule has 1 N–H and O–H groups in total. The van der Waals surface area contributed by atoms with E-state index in [2.05, 4.69) is 5.32 Å². The zero-order valence-corrected chi connectivity index (χ0v) is 17.7. The number of carbonyl (C=O) groups excluding carboxylic acids is 3. The number of ketones is 1. The summed E-state index contributed by atoms with van der Waals surface area (Å²) in [6.45, 7) is 6.93. The average molecular weight is 415 g/mol. The lowest BCUT2D eigenvalue weighted by Crippen LogP contribution is -2.43. The number of ether oxygens (including phenoxy) is 2. The van der Waals surface area contributed by atoms with Crippen molar-refractivity contribution in [2.45, 2.75) is 46.1 Å². The molecule has 0 amide bonds.